The molecule has 0 aliphatic carbocycles. The summed E-state index contributed by atoms with van der Waals surface area (Å²) in [4.78, 5) is 35.9. The smallest absolute Gasteiger partial charge is 0.414 e. The van der Waals surface area contributed by atoms with Gasteiger partial charge in [-0.1, -0.05) is 6.07 Å². The number of nitrogens with zero attached hydrogens (tertiary/aromatic N) is 3. The van der Waals surface area contributed by atoms with Gasteiger partial charge in [0.15, 0.2) is 0 Å². The van der Waals surface area contributed by atoms with Crippen LogP contribution in [0.5, 0.6) is 0 Å². The summed E-state index contributed by atoms with van der Waals surface area (Å²) in [5, 5.41) is 4.63. The van der Waals surface area contributed by atoms with E-state index in [1.807, 2.05) is 30.5 Å². The third kappa shape index (κ3) is 4.39. The number of carbonyl (C=O) groups is 2. The van der Waals surface area contributed by atoms with Crippen molar-refractivity contribution in [3.63, 3.8) is 0 Å². The lowest BCUT2D eigenvalue weighted by Crippen LogP contribution is -2.52. The van der Waals surface area contributed by atoms with Crippen molar-refractivity contribution in [1.29, 1.82) is 0 Å². The molecule has 1 N–H and O–H groups in total. The first-order valence-corrected chi connectivity index (χ1v) is 9.81. The van der Waals surface area contributed by atoms with E-state index in [2.05, 4.69) is 10.3 Å². The highest BCUT2D eigenvalue weighted by atomic mass is 32.1. The molecule has 0 bridgehead atoms. The Morgan fingerprint density at radius 1 is 1.36 bits per heavy atom. The number of hydrogen-bond acceptors (Lipinski definition) is 6. The standard InChI is InChI=1S/C20H24N4O3S/c1-19(2,3)27-18(26)22-17-23-20(4,10-16(25)24(17)5)15-9-14(12-28-15)13-7-6-8-21-11-13/h6-9,11-12H,10H2,1-5H3,(H,22,23,26)/t20-/m0/s1. The van der Waals surface area contributed by atoms with Crippen LogP contribution in [0.25, 0.3) is 11.1 Å². The Kier molecular flexibility index (Phi) is 5.25. The van der Waals surface area contributed by atoms with Crippen LogP contribution in [-0.4, -0.2) is 40.5 Å². The SMILES string of the molecule is CN1C(=O)C[C@@](C)(c2cc(-c3cccnc3)cs2)N=C1NC(=O)OC(C)(C)C. The fourth-order valence-corrected chi connectivity index (χ4v) is 3.86. The molecule has 2 aromatic heterocycles. The van der Waals surface area contributed by atoms with Gasteiger partial charge in [-0.05, 0) is 50.8 Å². The van der Waals surface area contributed by atoms with Crippen LogP contribution < -0.4 is 5.32 Å². The van der Waals surface area contributed by atoms with Crippen LogP contribution in [0.2, 0.25) is 0 Å². The monoisotopic (exact) mass is 400 g/mol. The average Bonchev–Trinajstić information content (AvgIpc) is 3.09. The lowest BCUT2D eigenvalue weighted by Gasteiger charge is -2.34. The Bertz CT molecular complexity index is 917. The van der Waals surface area contributed by atoms with Crippen molar-refractivity contribution in [3.8, 4) is 11.1 Å². The third-order valence-electron chi connectivity index (χ3n) is 4.28. The number of ether oxygens (including phenoxy) is 1. The van der Waals surface area contributed by atoms with Gasteiger partial charge in [0, 0.05) is 29.9 Å². The van der Waals surface area contributed by atoms with Gasteiger partial charge in [-0.15, -0.1) is 11.3 Å². The molecular formula is C20H24N4O3S. The molecule has 0 aromatic carbocycles. The Hall–Kier alpha value is -2.74. The fraction of sp³-hybridized carbons (Fsp3) is 0.400. The van der Waals surface area contributed by atoms with Crippen molar-refractivity contribution in [3.05, 3.63) is 40.8 Å². The van der Waals surface area contributed by atoms with Crippen LogP contribution >= 0.6 is 11.3 Å². The van der Waals surface area contributed by atoms with Gasteiger partial charge in [0.05, 0.1) is 6.42 Å². The van der Waals surface area contributed by atoms with Gasteiger partial charge in [-0.3, -0.25) is 20.0 Å². The summed E-state index contributed by atoms with van der Waals surface area (Å²) in [6, 6.07) is 5.89. The van der Waals surface area contributed by atoms with Crippen LogP contribution in [0.1, 0.15) is 39.0 Å². The van der Waals surface area contributed by atoms with Gasteiger partial charge < -0.3 is 4.74 Å². The molecule has 0 fully saturated rings. The maximum absolute atomic E-state index is 12.6. The van der Waals surface area contributed by atoms with Crippen molar-refractivity contribution in [2.45, 2.75) is 45.3 Å². The van der Waals surface area contributed by atoms with Gasteiger partial charge in [-0.25, -0.2) is 9.79 Å². The summed E-state index contributed by atoms with van der Waals surface area (Å²) in [7, 11) is 1.59. The Balaban J connectivity index is 1.89. The molecule has 0 unspecified atom stereocenters. The third-order valence-corrected chi connectivity index (χ3v) is 5.46. The minimum atomic E-state index is -0.765. The molecule has 3 heterocycles. The average molecular weight is 401 g/mol. The normalized spacial score (nSPS) is 20.0. The summed E-state index contributed by atoms with van der Waals surface area (Å²) in [6.45, 7) is 7.23. The van der Waals surface area contributed by atoms with Crippen LogP contribution in [0.3, 0.4) is 0 Å². The second kappa shape index (κ2) is 7.35. The molecule has 1 aliphatic heterocycles. The molecule has 1 aliphatic rings. The van der Waals surface area contributed by atoms with E-state index in [4.69, 9.17) is 9.73 Å². The van der Waals surface area contributed by atoms with Crippen molar-refractivity contribution >= 4 is 29.3 Å². The molecule has 1 atom stereocenters. The van der Waals surface area contributed by atoms with Crippen LogP contribution in [0.4, 0.5) is 4.79 Å². The molecule has 8 heteroatoms. The number of carbonyl (C=O) groups excluding carboxylic acids is 2. The molecule has 7 nitrogen and oxygen atoms in total. The summed E-state index contributed by atoms with van der Waals surface area (Å²) in [6.07, 6.45) is 3.10. The van der Waals surface area contributed by atoms with Crippen molar-refractivity contribution in [2.75, 3.05) is 7.05 Å². The molecular weight excluding hydrogens is 376 g/mol. The Morgan fingerprint density at radius 3 is 2.75 bits per heavy atom. The zero-order chi connectivity index (χ0) is 20.5. The second-order valence-electron chi connectivity index (χ2n) is 7.91. The number of thiophene rings is 1. The number of hydrogen-bond donors (Lipinski definition) is 1. The van der Waals surface area contributed by atoms with E-state index in [-0.39, 0.29) is 18.3 Å². The largest absolute Gasteiger partial charge is 0.444 e. The molecule has 0 radical (unpaired) electrons. The van der Waals surface area contributed by atoms with E-state index < -0.39 is 17.2 Å². The van der Waals surface area contributed by atoms with Crippen molar-refractivity contribution < 1.29 is 14.3 Å². The van der Waals surface area contributed by atoms with E-state index in [1.54, 1.807) is 40.2 Å². The summed E-state index contributed by atoms with van der Waals surface area (Å²) in [5.74, 6) is 0.0595. The highest BCUT2D eigenvalue weighted by Gasteiger charge is 2.39. The van der Waals surface area contributed by atoms with Crippen LogP contribution in [0, 0.1) is 0 Å². The number of alkyl carbamates (subject to hydrolysis) is 1. The molecule has 0 saturated carbocycles. The minimum absolute atomic E-state index is 0.125. The Morgan fingerprint density at radius 2 is 2.11 bits per heavy atom. The number of rotatable bonds is 2. The van der Waals surface area contributed by atoms with E-state index in [1.165, 1.54) is 16.2 Å². The molecule has 3 rings (SSSR count). The second-order valence-corrected chi connectivity index (χ2v) is 8.82. The fourth-order valence-electron chi connectivity index (χ4n) is 2.83. The zero-order valence-corrected chi connectivity index (χ0v) is 17.5. The number of aliphatic imine (C=N–C) groups is 1. The molecule has 148 valence electrons. The first-order chi connectivity index (χ1) is 13.1. The first kappa shape index (κ1) is 20.0. The predicted molar refractivity (Wildman–Crippen MR) is 109 cm³/mol. The number of pyridine rings is 1. The van der Waals surface area contributed by atoms with Gasteiger partial charge in [0.25, 0.3) is 0 Å². The zero-order valence-electron chi connectivity index (χ0n) is 16.6. The highest BCUT2D eigenvalue weighted by Crippen LogP contribution is 2.39. The van der Waals surface area contributed by atoms with Crippen molar-refractivity contribution in [2.24, 2.45) is 4.99 Å². The van der Waals surface area contributed by atoms with Gasteiger partial charge >= 0.3 is 6.09 Å². The van der Waals surface area contributed by atoms with Gasteiger partial charge in [0.1, 0.15) is 11.1 Å². The molecule has 0 spiro atoms. The summed E-state index contributed by atoms with van der Waals surface area (Å²) in [5.41, 5.74) is 0.623. The lowest BCUT2D eigenvalue weighted by atomic mass is 9.93. The number of nitrogens with one attached hydrogen (secondary N) is 1. The molecule has 28 heavy (non-hydrogen) atoms. The van der Waals surface area contributed by atoms with E-state index >= 15 is 0 Å². The number of guanidine groups is 1. The highest BCUT2D eigenvalue weighted by molar-refractivity contribution is 7.10. The van der Waals surface area contributed by atoms with Crippen molar-refractivity contribution in [1.82, 2.24) is 15.2 Å². The molecule has 2 amide bonds. The van der Waals surface area contributed by atoms with E-state index in [9.17, 15) is 9.59 Å². The summed E-state index contributed by atoms with van der Waals surface area (Å²) < 4.78 is 5.29. The number of aromatic nitrogens is 1. The molecule has 2 aromatic rings. The van der Waals surface area contributed by atoms with Gasteiger partial charge in [0.2, 0.25) is 11.9 Å². The van der Waals surface area contributed by atoms with Crippen LogP contribution in [0.15, 0.2) is 41.0 Å². The Labute approximate surface area is 168 Å². The summed E-state index contributed by atoms with van der Waals surface area (Å²) >= 11 is 1.53. The van der Waals surface area contributed by atoms with E-state index in [0.29, 0.717) is 0 Å². The quantitative estimate of drug-likeness (QED) is 0.832. The first-order valence-electron chi connectivity index (χ1n) is 8.93. The predicted octanol–water partition coefficient (Wildman–Crippen LogP) is 3.77. The maximum atomic E-state index is 12.6. The lowest BCUT2D eigenvalue weighted by molar-refractivity contribution is -0.128. The number of amides is 2. The topological polar surface area (TPSA) is 83.9 Å². The molecule has 0 saturated heterocycles. The van der Waals surface area contributed by atoms with Gasteiger partial charge in [-0.2, -0.15) is 0 Å². The maximum Gasteiger partial charge on any atom is 0.414 e. The minimum Gasteiger partial charge on any atom is -0.444 e. The van der Waals surface area contributed by atoms with E-state index in [0.717, 1.165) is 16.0 Å². The van der Waals surface area contributed by atoms with Crippen LogP contribution in [-0.2, 0) is 15.1 Å².